The van der Waals surface area contributed by atoms with Crippen molar-refractivity contribution in [3.63, 3.8) is 0 Å². The van der Waals surface area contributed by atoms with Crippen LogP contribution in [0.5, 0.6) is 0 Å². The predicted octanol–water partition coefficient (Wildman–Crippen LogP) is 1.61. The Hall–Kier alpha value is -0.120. The van der Waals surface area contributed by atoms with Crippen molar-refractivity contribution in [2.24, 2.45) is 0 Å². The Morgan fingerprint density at radius 1 is 1.25 bits per heavy atom. The van der Waals surface area contributed by atoms with Gasteiger partial charge < -0.3 is 15.3 Å². The molecule has 3 nitrogen and oxygen atoms in total. The standard InChI is InChI=1S/C13H28N2O/c1-13(2,16)9-10-15(4)12-7-5-11(14-3)6-8-12/h11-12,14,16H,5-10H2,1-4H3. The van der Waals surface area contributed by atoms with E-state index in [-0.39, 0.29) is 0 Å². The third-order valence-corrected chi connectivity index (χ3v) is 3.80. The topological polar surface area (TPSA) is 35.5 Å². The minimum atomic E-state index is -0.531. The number of nitrogens with one attached hydrogen (secondary N) is 1. The first kappa shape index (κ1) is 13.9. The molecule has 0 atom stereocenters. The number of rotatable bonds is 5. The lowest BCUT2D eigenvalue weighted by atomic mass is 9.90. The smallest absolute Gasteiger partial charge is 0.0603 e. The zero-order chi connectivity index (χ0) is 12.2. The van der Waals surface area contributed by atoms with Gasteiger partial charge in [0, 0.05) is 18.6 Å². The molecule has 1 aliphatic rings. The molecule has 0 radical (unpaired) electrons. The highest BCUT2D eigenvalue weighted by Gasteiger charge is 2.24. The molecule has 3 heteroatoms. The van der Waals surface area contributed by atoms with Crippen LogP contribution in [0.3, 0.4) is 0 Å². The average molecular weight is 228 g/mol. The van der Waals surface area contributed by atoms with Crippen molar-refractivity contribution in [3.8, 4) is 0 Å². The number of aliphatic hydroxyl groups is 1. The third-order valence-electron chi connectivity index (χ3n) is 3.80. The van der Waals surface area contributed by atoms with E-state index in [4.69, 9.17) is 0 Å². The van der Waals surface area contributed by atoms with E-state index < -0.39 is 5.60 Å². The van der Waals surface area contributed by atoms with Gasteiger partial charge in [-0.15, -0.1) is 0 Å². The highest BCUT2D eigenvalue weighted by Crippen LogP contribution is 2.23. The zero-order valence-electron chi connectivity index (χ0n) is 11.3. The van der Waals surface area contributed by atoms with Crippen molar-refractivity contribution in [2.75, 3.05) is 20.6 Å². The lowest BCUT2D eigenvalue weighted by molar-refractivity contribution is 0.0517. The zero-order valence-corrected chi connectivity index (χ0v) is 11.3. The van der Waals surface area contributed by atoms with Gasteiger partial charge in [0.1, 0.15) is 0 Å². The molecule has 1 fully saturated rings. The maximum atomic E-state index is 9.71. The molecule has 0 saturated heterocycles. The minimum Gasteiger partial charge on any atom is -0.390 e. The summed E-state index contributed by atoms with van der Waals surface area (Å²) in [5.74, 6) is 0. The van der Waals surface area contributed by atoms with Crippen LogP contribution in [0.4, 0.5) is 0 Å². The summed E-state index contributed by atoms with van der Waals surface area (Å²) in [5.41, 5.74) is -0.531. The monoisotopic (exact) mass is 228 g/mol. The fraction of sp³-hybridized carbons (Fsp3) is 1.00. The molecule has 0 spiro atoms. The van der Waals surface area contributed by atoms with E-state index in [0.717, 1.165) is 19.0 Å². The highest BCUT2D eigenvalue weighted by atomic mass is 16.3. The van der Waals surface area contributed by atoms with Crippen LogP contribution in [-0.2, 0) is 0 Å². The summed E-state index contributed by atoms with van der Waals surface area (Å²) in [6.45, 7) is 4.77. The van der Waals surface area contributed by atoms with E-state index >= 15 is 0 Å². The first-order valence-electron chi connectivity index (χ1n) is 6.52. The Labute approximate surface area is 100 Å². The van der Waals surface area contributed by atoms with E-state index in [0.29, 0.717) is 6.04 Å². The number of hydrogen-bond donors (Lipinski definition) is 2. The van der Waals surface area contributed by atoms with Crippen LogP contribution >= 0.6 is 0 Å². The molecule has 16 heavy (non-hydrogen) atoms. The summed E-state index contributed by atoms with van der Waals surface area (Å²) < 4.78 is 0. The molecule has 0 aromatic rings. The molecule has 0 heterocycles. The van der Waals surface area contributed by atoms with Gasteiger partial charge in [-0.1, -0.05) is 0 Å². The summed E-state index contributed by atoms with van der Waals surface area (Å²) in [6, 6.07) is 1.44. The van der Waals surface area contributed by atoms with Crippen LogP contribution in [0.1, 0.15) is 46.0 Å². The molecule has 0 amide bonds. The summed E-state index contributed by atoms with van der Waals surface area (Å²) in [4.78, 5) is 2.42. The number of hydrogen-bond acceptors (Lipinski definition) is 3. The number of nitrogens with zero attached hydrogens (tertiary/aromatic N) is 1. The lowest BCUT2D eigenvalue weighted by Gasteiger charge is -2.35. The Morgan fingerprint density at radius 3 is 2.25 bits per heavy atom. The van der Waals surface area contributed by atoms with Crippen LogP contribution in [-0.4, -0.2) is 48.3 Å². The molecule has 2 N–H and O–H groups in total. The van der Waals surface area contributed by atoms with E-state index in [9.17, 15) is 5.11 Å². The Morgan fingerprint density at radius 2 is 1.81 bits per heavy atom. The van der Waals surface area contributed by atoms with Crippen molar-refractivity contribution in [3.05, 3.63) is 0 Å². The molecule has 0 aliphatic heterocycles. The van der Waals surface area contributed by atoms with Gasteiger partial charge in [0.2, 0.25) is 0 Å². The van der Waals surface area contributed by atoms with E-state index in [1.807, 2.05) is 13.8 Å². The van der Waals surface area contributed by atoms with Gasteiger partial charge in [-0.2, -0.15) is 0 Å². The maximum absolute atomic E-state index is 9.71. The molecular formula is C13H28N2O. The van der Waals surface area contributed by atoms with Crippen molar-refractivity contribution < 1.29 is 5.11 Å². The van der Waals surface area contributed by atoms with E-state index in [2.05, 4.69) is 24.3 Å². The third kappa shape index (κ3) is 4.81. The molecule has 1 aliphatic carbocycles. The summed E-state index contributed by atoms with van der Waals surface area (Å²) in [5, 5.41) is 13.1. The van der Waals surface area contributed by atoms with Crippen LogP contribution in [0.15, 0.2) is 0 Å². The summed E-state index contributed by atoms with van der Waals surface area (Å²) in [6.07, 6.45) is 6.00. The minimum absolute atomic E-state index is 0.531. The van der Waals surface area contributed by atoms with Gasteiger partial charge in [-0.25, -0.2) is 0 Å². The van der Waals surface area contributed by atoms with Gasteiger partial charge in [0.25, 0.3) is 0 Å². The van der Waals surface area contributed by atoms with Gasteiger partial charge in [-0.3, -0.25) is 0 Å². The second-order valence-electron chi connectivity index (χ2n) is 5.84. The normalized spacial score (nSPS) is 27.4. The first-order valence-corrected chi connectivity index (χ1v) is 6.52. The molecule has 0 bridgehead atoms. The largest absolute Gasteiger partial charge is 0.390 e. The van der Waals surface area contributed by atoms with E-state index in [1.165, 1.54) is 25.7 Å². The molecule has 0 aromatic heterocycles. The molecule has 1 rings (SSSR count). The van der Waals surface area contributed by atoms with Crippen LogP contribution in [0, 0.1) is 0 Å². The molecule has 1 saturated carbocycles. The second kappa shape index (κ2) is 5.99. The van der Waals surface area contributed by atoms with Crippen molar-refractivity contribution in [1.29, 1.82) is 0 Å². The quantitative estimate of drug-likeness (QED) is 0.750. The van der Waals surface area contributed by atoms with Crippen molar-refractivity contribution in [1.82, 2.24) is 10.2 Å². The fourth-order valence-electron chi connectivity index (χ4n) is 2.44. The molecule has 96 valence electrons. The second-order valence-corrected chi connectivity index (χ2v) is 5.84. The van der Waals surface area contributed by atoms with Gasteiger partial charge in [0.05, 0.1) is 5.60 Å². The van der Waals surface area contributed by atoms with Gasteiger partial charge in [0.15, 0.2) is 0 Å². The Bertz CT molecular complexity index is 193. The van der Waals surface area contributed by atoms with Crippen molar-refractivity contribution >= 4 is 0 Å². The molecule has 0 aromatic carbocycles. The lowest BCUT2D eigenvalue weighted by Crippen LogP contribution is -2.41. The fourth-order valence-corrected chi connectivity index (χ4v) is 2.44. The van der Waals surface area contributed by atoms with E-state index in [1.54, 1.807) is 0 Å². The molecular weight excluding hydrogens is 200 g/mol. The van der Waals surface area contributed by atoms with Crippen molar-refractivity contribution in [2.45, 2.75) is 63.6 Å². The van der Waals surface area contributed by atoms with Crippen LogP contribution in [0.25, 0.3) is 0 Å². The SMILES string of the molecule is CNC1CCC(N(C)CCC(C)(C)O)CC1. The molecule has 0 unspecified atom stereocenters. The summed E-state index contributed by atoms with van der Waals surface area (Å²) in [7, 11) is 4.25. The maximum Gasteiger partial charge on any atom is 0.0603 e. The van der Waals surface area contributed by atoms with Gasteiger partial charge in [-0.05, 0) is 60.0 Å². The average Bonchev–Trinajstić information content (AvgIpc) is 2.25. The van der Waals surface area contributed by atoms with Crippen LogP contribution < -0.4 is 5.32 Å². The Kier molecular flexibility index (Phi) is 5.22. The summed E-state index contributed by atoms with van der Waals surface area (Å²) >= 11 is 0. The first-order chi connectivity index (χ1) is 7.42. The van der Waals surface area contributed by atoms with Crippen LogP contribution in [0.2, 0.25) is 0 Å². The highest BCUT2D eigenvalue weighted by molar-refractivity contribution is 4.81. The van der Waals surface area contributed by atoms with Gasteiger partial charge >= 0.3 is 0 Å². The predicted molar refractivity (Wildman–Crippen MR) is 68.6 cm³/mol. The Balaban J connectivity index is 2.25.